The molecule has 2 aromatic carbocycles. The van der Waals surface area contributed by atoms with Gasteiger partial charge in [-0.25, -0.2) is 0 Å². The molecule has 0 aliphatic heterocycles. The fraction of sp³-hybridized carbons (Fsp3) is 0.333. The Bertz CT molecular complexity index is 694. The number of alkyl halides is 3. The average molecular weight is 359 g/mol. The molecular weight excluding hydrogens is 341 g/mol. The van der Waals surface area contributed by atoms with Crippen molar-refractivity contribution in [1.82, 2.24) is 0 Å². The van der Waals surface area contributed by atoms with Crippen LogP contribution in [0.3, 0.4) is 0 Å². The summed E-state index contributed by atoms with van der Waals surface area (Å²) < 4.78 is 49.8. The summed E-state index contributed by atoms with van der Waals surface area (Å²) in [6, 6.07) is 10.2. The van der Waals surface area contributed by atoms with Crippen LogP contribution in [0.2, 0.25) is 5.02 Å². The highest BCUT2D eigenvalue weighted by molar-refractivity contribution is 6.31. The maximum Gasteiger partial charge on any atom is 0.417 e. The molecule has 0 N–H and O–H groups in total. The number of ether oxygens (including phenoxy) is 2. The Labute approximate surface area is 144 Å². The molecule has 2 rings (SSSR count). The summed E-state index contributed by atoms with van der Waals surface area (Å²) in [7, 11) is 0. The van der Waals surface area contributed by atoms with E-state index in [0.717, 1.165) is 12.5 Å². The quantitative estimate of drug-likeness (QED) is 0.590. The summed E-state index contributed by atoms with van der Waals surface area (Å²) in [5, 5.41) is -0.361. The summed E-state index contributed by atoms with van der Waals surface area (Å²) in [6.45, 7) is 5.98. The van der Waals surface area contributed by atoms with Gasteiger partial charge >= 0.3 is 6.18 Å². The van der Waals surface area contributed by atoms with Crippen LogP contribution in [-0.4, -0.2) is 5.60 Å². The highest BCUT2D eigenvalue weighted by Gasteiger charge is 2.33. The van der Waals surface area contributed by atoms with Crippen molar-refractivity contribution in [3.8, 4) is 17.2 Å². The SMILES string of the molecule is CCC(C)(C)Oc1ccc(Oc2ccc(Cl)c(C(F)(F)F)c2)cc1. The molecule has 0 spiro atoms. The van der Waals surface area contributed by atoms with Gasteiger partial charge in [0.1, 0.15) is 22.8 Å². The van der Waals surface area contributed by atoms with Crippen LogP contribution in [0.1, 0.15) is 32.8 Å². The topological polar surface area (TPSA) is 18.5 Å². The predicted molar refractivity (Wildman–Crippen MR) is 88.0 cm³/mol. The number of benzene rings is 2. The average Bonchev–Trinajstić information content (AvgIpc) is 2.50. The molecular formula is C18H18ClF3O2. The monoisotopic (exact) mass is 358 g/mol. The molecule has 130 valence electrons. The second kappa shape index (κ2) is 6.93. The van der Waals surface area contributed by atoms with Gasteiger partial charge in [0, 0.05) is 0 Å². The maximum atomic E-state index is 12.9. The van der Waals surface area contributed by atoms with E-state index >= 15 is 0 Å². The molecule has 0 fully saturated rings. The zero-order valence-electron chi connectivity index (χ0n) is 13.6. The normalized spacial score (nSPS) is 12.1. The van der Waals surface area contributed by atoms with Gasteiger partial charge in [0.15, 0.2) is 0 Å². The molecule has 0 aliphatic carbocycles. The lowest BCUT2D eigenvalue weighted by Crippen LogP contribution is -2.26. The first-order chi connectivity index (χ1) is 11.1. The standard InChI is InChI=1S/C18H18ClF3O2/c1-4-17(2,3)24-13-7-5-12(6-8-13)23-14-9-10-16(19)15(11-14)18(20,21)22/h5-11H,4H2,1-3H3. The third-order valence-electron chi connectivity index (χ3n) is 3.55. The van der Waals surface area contributed by atoms with Gasteiger partial charge in [-0.2, -0.15) is 13.2 Å². The lowest BCUT2D eigenvalue weighted by atomic mass is 10.1. The molecule has 0 saturated heterocycles. The lowest BCUT2D eigenvalue weighted by Gasteiger charge is -2.24. The third kappa shape index (κ3) is 4.81. The van der Waals surface area contributed by atoms with Crippen LogP contribution in [-0.2, 0) is 6.18 Å². The first-order valence-electron chi connectivity index (χ1n) is 7.44. The Balaban J connectivity index is 2.15. The second-order valence-electron chi connectivity index (χ2n) is 5.93. The molecule has 6 heteroatoms. The van der Waals surface area contributed by atoms with Gasteiger partial charge in [-0.1, -0.05) is 18.5 Å². The van der Waals surface area contributed by atoms with Crippen LogP contribution in [0.15, 0.2) is 42.5 Å². The van der Waals surface area contributed by atoms with E-state index < -0.39 is 11.7 Å². The summed E-state index contributed by atoms with van der Waals surface area (Å²) in [5.41, 5.74) is -1.22. The zero-order valence-corrected chi connectivity index (χ0v) is 14.3. The fourth-order valence-electron chi connectivity index (χ4n) is 1.89. The molecule has 0 heterocycles. The number of rotatable bonds is 5. The van der Waals surface area contributed by atoms with Crippen LogP contribution in [0, 0.1) is 0 Å². The summed E-state index contributed by atoms with van der Waals surface area (Å²) in [4.78, 5) is 0. The second-order valence-corrected chi connectivity index (χ2v) is 6.34. The van der Waals surface area contributed by atoms with Crippen molar-refractivity contribution in [2.24, 2.45) is 0 Å². The van der Waals surface area contributed by atoms with Gasteiger partial charge in [0.25, 0.3) is 0 Å². The molecule has 24 heavy (non-hydrogen) atoms. The number of halogens is 4. The van der Waals surface area contributed by atoms with Crippen molar-refractivity contribution in [2.45, 2.75) is 39.0 Å². The molecule has 0 aliphatic rings. The summed E-state index contributed by atoms with van der Waals surface area (Å²) >= 11 is 5.59. The Hall–Kier alpha value is -1.88. The predicted octanol–water partition coefficient (Wildman–Crippen LogP) is 6.72. The third-order valence-corrected chi connectivity index (χ3v) is 3.88. The first kappa shape index (κ1) is 18.5. The highest BCUT2D eigenvalue weighted by atomic mass is 35.5. The molecule has 2 nitrogen and oxygen atoms in total. The molecule has 0 atom stereocenters. The van der Waals surface area contributed by atoms with Crippen LogP contribution in [0.4, 0.5) is 13.2 Å². The van der Waals surface area contributed by atoms with Gasteiger partial charge in [0.2, 0.25) is 0 Å². The Morgan fingerprint density at radius 1 is 0.917 bits per heavy atom. The summed E-state index contributed by atoms with van der Waals surface area (Å²) in [5.74, 6) is 1.14. The number of hydrogen-bond acceptors (Lipinski definition) is 2. The molecule has 0 unspecified atom stereocenters. The van der Waals surface area contributed by atoms with Crippen LogP contribution >= 0.6 is 11.6 Å². The smallest absolute Gasteiger partial charge is 0.417 e. The van der Waals surface area contributed by atoms with Gasteiger partial charge in [0.05, 0.1) is 10.6 Å². The van der Waals surface area contributed by atoms with Crippen LogP contribution < -0.4 is 9.47 Å². The van der Waals surface area contributed by atoms with E-state index in [4.69, 9.17) is 21.1 Å². The molecule has 0 amide bonds. The largest absolute Gasteiger partial charge is 0.488 e. The molecule has 0 aromatic heterocycles. The molecule has 0 radical (unpaired) electrons. The Morgan fingerprint density at radius 3 is 2.00 bits per heavy atom. The zero-order chi connectivity index (χ0) is 18.0. The Morgan fingerprint density at radius 2 is 1.46 bits per heavy atom. The Kier molecular flexibility index (Phi) is 5.33. The fourth-order valence-corrected chi connectivity index (χ4v) is 2.11. The van der Waals surface area contributed by atoms with E-state index in [9.17, 15) is 13.2 Å². The molecule has 2 aromatic rings. The van der Waals surface area contributed by atoms with Crippen molar-refractivity contribution in [2.75, 3.05) is 0 Å². The van der Waals surface area contributed by atoms with E-state index in [0.29, 0.717) is 11.5 Å². The minimum absolute atomic E-state index is 0.0641. The van der Waals surface area contributed by atoms with Crippen molar-refractivity contribution in [3.63, 3.8) is 0 Å². The lowest BCUT2D eigenvalue weighted by molar-refractivity contribution is -0.137. The van der Waals surface area contributed by atoms with E-state index in [1.54, 1.807) is 24.3 Å². The van der Waals surface area contributed by atoms with E-state index in [1.807, 2.05) is 20.8 Å². The van der Waals surface area contributed by atoms with Crippen molar-refractivity contribution >= 4 is 11.6 Å². The summed E-state index contributed by atoms with van der Waals surface area (Å²) in [6.07, 6.45) is -3.68. The minimum atomic E-state index is -4.53. The van der Waals surface area contributed by atoms with Crippen molar-refractivity contribution in [1.29, 1.82) is 0 Å². The van der Waals surface area contributed by atoms with E-state index in [-0.39, 0.29) is 16.4 Å². The number of hydrogen-bond donors (Lipinski definition) is 0. The van der Waals surface area contributed by atoms with Crippen molar-refractivity contribution in [3.05, 3.63) is 53.1 Å². The van der Waals surface area contributed by atoms with Crippen LogP contribution in [0.5, 0.6) is 17.2 Å². The molecule has 0 bridgehead atoms. The first-order valence-corrected chi connectivity index (χ1v) is 7.82. The van der Waals surface area contributed by atoms with Crippen LogP contribution in [0.25, 0.3) is 0 Å². The van der Waals surface area contributed by atoms with Gasteiger partial charge in [-0.05, 0) is 62.7 Å². The van der Waals surface area contributed by atoms with Gasteiger partial charge in [-0.3, -0.25) is 0 Å². The molecule has 0 saturated carbocycles. The van der Waals surface area contributed by atoms with Crippen molar-refractivity contribution < 1.29 is 22.6 Å². The highest BCUT2D eigenvalue weighted by Crippen LogP contribution is 2.37. The van der Waals surface area contributed by atoms with Gasteiger partial charge in [-0.15, -0.1) is 0 Å². The minimum Gasteiger partial charge on any atom is -0.488 e. The van der Waals surface area contributed by atoms with Gasteiger partial charge < -0.3 is 9.47 Å². The van der Waals surface area contributed by atoms with E-state index in [1.165, 1.54) is 12.1 Å². The van der Waals surface area contributed by atoms with E-state index in [2.05, 4.69) is 0 Å². The maximum absolute atomic E-state index is 12.9.